The van der Waals surface area contributed by atoms with Crippen molar-refractivity contribution in [2.75, 3.05) is 25.2 Å². The van der Waals surface area contributed by atoms with Crippen LogP contribution < -0.4 is 20.1 Å². The van der Waals surface area contributed by atoms with E-state index in [9.17, 15) is 4.79 Å². The summed E-state index contributed by atoms with van der Waals surface area (Å²) in [6.07, 6.45) is 0. The molecule has 2 N–H and O–H groups in total. The molecule has 0 aliphatic carbocycles. The molecule has 0 radical (unpaired) electrons. The highest BCUT2D eigenvalue weighted by Gasteiger charge is 2.18. The maximum absolute atomic E-state index is 11.5. The third-order valence-corrected chi connectivity index (χ3v) is 5.04. The molecule has 0 spiro atoms. The molecular formula is C21H23N3O3. The molecule has 6 heteroatoms. The number of anilines is 1. The standard InChI is InChI=1S/C21H23N3O3/c1-14-17(16-5-3-4-6-18(16)24(14)13-21(22)25)12-23(2)15-7-8-19-20(11-15)27-10-9-26-19/h3-8,11H,9-10,12-13H2,1-2H3,(H2,22,25). The number of hydrogen-bond donors (Lipinski definition) is 1. The van der Waals surface area contributed by atoms with E-state index >= 15 is 0 Å². The van der Waals surface area contributed by atoms with Crippen LogP contribution in [0.1, 0.15) is 11.3 Å². The fraction of sp³-hybridized carbons (Fsp3) is 0.286. The molecule has 2 heterocycles. The fourth-order valence-corrected chi connectivity index (χ4v) is 3.66. The van der Waals surface area contributed by atoms with E-state index in [1.807, 2.05) is 54.9 Å². The average molecular weight is 365 g/mol. The van der Waals surface area contributed by atoms with E-state index < -0.39 is 0 Å². The highest BCUT2D eigenvalue weighted by Crippen LogP contribution is 2.35. The first-order valence-corrected chi connectivity index (χ1v) is 9.00. The zero-order chi connectivity index (χ0) is 19.0. The number of benzene rings is 2. The van der Waals surface area contributed by atoms with Crippen LogP contribution >= 0.6 is 0 Å². The molecule has 140 valence electrons. The number of primary amides is 1. The van der Waals surface area contributed by atoms with Crippen molar-refractivity contribution in [1.29, 1.82) is 0 Å². The zero-order valence-electron chi connectivity index (χ0n) is 15.6. The first kappa shape index (κ1) is 17.3. The zero-order valence-corrected chi connectivity index (χ0v) is 15.6. The van der Waals surface area contributed by atoms with Gasteiger partial charge in [-0.3, -0.25) is 4.79 Å². The lowest BCUT2D eigenvalue weighted by Gasteiger charge is -2.23. The molecule has 0 unspecified atom stereocenters. The van der Waals surface area contributed by atoms with Gasteiger partial charge in [0.15, 0.2) is 11.5 Å². The molecule has 2 aromatic carbocycles. The average Bonchev–Trinajstić information content (AvgIpc) is 2.93. The molecular weight excluding hydrogens is 342 g/mol. The number of carbonyl (C=O) groups excluding carboxylic acids is 1. The summed E-state index contributed by atoms with van der Waals surface area (Å²) in [4.78, 5) is 13.7. The van der Waals surface area contributed by atoms with Crippen LogP contribution in [-0.2, 0) is 17.9 Å². The van der Waals surface area contributed by atoms with Crippen LogP contribution in [0.5, 0.6) is 11.5 Å². The minimum atomic E-state index is -0.342. The lowest BCUT2D eigenvalue weighted by molar-refractivity contribution is -0.118. The Morgan fingerprint density at radius 2 is 1.89 bits per heavy atom. The van der Waals surface area contributed by atoms with E-state index in [2.05, 4.69) is 11.0 Å². The molecule has 0 saturated heterocycles. The Labute approximate surface area is 158 Å². The van der Waals surface area contributed by atoms with Gasteiger partial charge in [0.1, 0.15) is 19.8 Å². The molecule has 1 aliphatic rings. The van der Waals surface area contributed by atoms with Crippen molar-refractivity contribution >= 4 is 22.5 Å². The van der Waals surface area contributed by atoms with Gasteiger partial charge in [-0.15, -0.1) is 0 Å². The normalized spacial score (nSPS) is 13.0. The van der Waals surface area contributed by atoms with E-state index in [-0.39, 0.29) is 12.5 Å². The summed E-state index contributed by atoms with van der Waals surface area (Å²) in [5.74, 6) is 1.22. The minimum Gasteiger partial charge on any atom is -0.486 e. The number of para-hydroxylation sites is 1. The van der Waals surface area contributed by atoms with Gasteiger partial charge < -0.3 is 24.7 Å². The highest BCUT2D eigenvalue weighted by atomic mass is 16.6. The monoisotopic (exact) mass is 365 g/mol. The smallest absolute Gasteiger partial charge is 0.237 e. The number of fused-ring (bicyclic) bond motifs is 2. The number of nitrogens with two attached hydrogens (primary N) is 1. The Morgan fingerprint density at radius 1 is 1.15 bits per heavy atom. The Hall–Kier alpha value is -3.15. The van der Waals surface area contributed by atoms with Gasteiger partial charge in [0.05, 0.1) is 0 Å². The summed E-state index contributed by atoms with van der Waals surface area (Å²) < 4.78 is 13.3. The molecule has 0 atom stereocenters. The van der Waals surface area contributed by atoms with E-state index in [1.165, 1.54) is 5.56 Å². The summed E-state index contributed by atoms with van der Waals surface area (Å²) in [5, 5.41) is 1.14. The predicted molar refractivity (Wildman–Crippen MR) is 105 cm³/mol. The highest BCUT2D eigenvalue weighted by molar-refractivity contribution is 5.87. The van der Waals surface area contributed by atoms with Crippen LogP contribution in [0.3, 0.4) is 0 Å². The number of amides is 1. The van der Waals surface area contributed by atoms with Gasteiger partial charge in [0.2, 0.25) is 5.91 Å². The Kier molecular flexibility index (Phi) is 4.39. The summed E-state index contributed by atoms with van der Waals surface area (Å²) in [6, 6.07) is 14.1. The van der Waals surface area contributed by atoms with Crippen molar-refractivity contribution in [3.63, 3.8) is 0 Å². The van der Waals surface area contributed by atoms with E-state index in [0.717, 1.165) is 33.8 Å². The van der Waals surface area contributed by atoms with Crippen molar-refractivity contribution in [3.8, 4) is 11.5 Å². The first-order valence-electron chi connectivity index (χ1n) is 9.00. The van der Waals surface area contributed by atoms with Gasteiger partial charge in [-0.1, -0.05) is 18.2 Å². The van der Waals surface area contributed by atoms with Crippen molar-refractivity contribution in [2.45, 2.75) is 20.0 Å². The Balaban J connectivity index is 1.69. The van der Waals surface area contributed by atoms with Crippen molar-refractivity contribution < 1.29 is 14.3 Å². The Morgan fingerprint density at radius 3 is 2.67 bits per heavy atom. The van der Waals surface area contributed by atoms with Gasteiger partial charge in [-0.05, 0) is 30.7 Å². The van der Waals surface area contributed by atoms with Crippen molar-refractivity contribution in [1.82, 2.24) is 4.57 Å². The second-order valence-electron chi connectivity index (χ2n) is 6.82. The van der Waals surface area contributed by atoms with Crippen LogP contribution in [0, 0.1) is 6.92 Å². The number of hydrogen-bond acceptors (Lipinski definition) is 4. The van der Waals surface area contributed by atoms with Gasteiger partial charge in [0.25, 0.3) is 0 Å². The van der Waals surface area contributed by atoms with Crippen LogP contribution in [0.2, 0.25) is 0 Å². The summed E-state index contributed by atoms with van der Waals surface area (Å²) in [5.41, 5.74) is 9.77. The molecule has 27 heavy (non-hydrogen) atoms. The van der Waals surface area contributed by atoms with Gasteiger partial charge >= 0.3 is 0 Å². The number of rotatable bonds is 5. The van der Waals surface area contributed by atoms with E-state index in [1.54, 1.807) is 0 Å². The molecule has 0 saturated carbocycles. The third-order valence-electron chi connectivity index (χ3n) is 5.04. The number of nitrogens with zero attached hydrogens (tertiary/aromatic N) is 2. The first-order chi connectivity index (χ1) is 13.0. The maximum Gasteiger partial charge on any atom is 0.237 e. The largest absolute Gasteiger partial charge is 0.486 e. The van der Waals surface area contributed by atoms with Crippen LogP contribution in [0.25, 0.3) is 10.9 Å². The lowest BCUT2D eigenvalue weighted by Crippen LogP contribution is -2.20. The number of aromatic nitrogens is 1. The predicted octanol–water partition coefficient (Wildman–Crippen LogP) is 2.84. The second-order valence-corrected chi connectivity index (χ2v) is 6.82. The molecule has 3 aromatic rings. The maximum atomic E-state index is 11.5. The van der Waals surface area contributed by atoms with Crippen LogP contribution in [0.4, 0.5) is 5.69 Å². The van der Waals surface area contributed by atoms with Crippen LogP contribution in [-0.4, -0.2) is 30.7 Å². The quantitative estimate of drug-likeness (QED) is 0.755. The molecule has 1 aromatic heterocycles. The van der Waals surface area contributed by atoms with Gasteiger partial charge in [0, 0.05) is 41.9 Å². The van der Waals surface area contributed by atoms with Gasteiger partial charge in [-0.25, -0.2) is 0 Å². The van der Waals surface area contributed by atoms with Gasteiger partial charge in [-0.2, -0.15) is 0 Å². The minimum absolute atomic E-state index is 0.181. The number of ether oxygens (including phenoxy) is 2. The number of carbonyl (C=O) groups is 1. The van der Waals surface area contributed by atoms with E-state index in [0.29, 0.717) is 19.8 Å². The lowest BCUT2D eigenvalue weighted by atomic mass is 10.1. The molecule has 1 amide bonds. The molecule has 0 fully saturated rings. The van der Waals surface area contributed by atoms with Crippen molar-refractivity contribution in [3.05, 3.63) is 53.7 Å². The summed E-state index contributed by atoms with van der Waals surface area (Å²) in [7, 11) is 2.05. The molecule has 4 rings (SSSR count). The van der Waals surface area contributed by atoms with E-state index in [4.69, 9.17) is 15.2 Å². The summed E-state index contributed by atoms with van der Waals surface area (Å²) in [6.45, 7) is 4.08. The molecule has 0 bridgehead atoms. The third kappa shape index (κ3) is 3.18. The molecule has 6 nitrogen and oxygen atoms in total. The Bertz CT molecular complexity index is 1010. The summed E-state index contributed by atoms with van der Waals surface area (Å²) >= 11 is 0. The van der Waals surface area contributed by atoms with Crippen LogP contribution in [0.15, 0.2) is 42.5 Å². The molecule has 1 aliphatic heterocycles. The topological polar surface area (TPSA) is 69.7 Å². The fourth-order valence-electron chi connectivity index (χ4n) is 3.66. The van der Waals surface area contributed by atoms with Crippen molar-refractivity contribution in [2.24, 2.45) is 5.73 Å². The SMILES string of the molecule is Cc1c(CN(C)c2ccc3c(c2)OCCO3)c2ccccc2n1CC(N)=O. The second kappa shape index (κ2) is 6.87.